The second-order valence-corrected chi connectivity index (χ2v) is 5.63. The van der Waals surface area contributed by atoms with E-state index in [9.17, 15) is 0 Å². The SMILES string of the molecule is Cc1ccc(C2=CC(C)(C)Oc3ccccc32)cc1. The summed E-state index contributed by atoms with van der Waals surface area (Å²) in [6.07, 6.45) is 2.21. The van der Waals surface area contributed by atoms with Crippen LogP contribution in [0, 0.1) is 6.92 Å². The quantitative estimate of drug-likeness (QED) is 0.719. The molecule has 2 aromatic carbocycles. The Bertz CT molecular complexity index is 633. The summed E-state index contributed by atoms with van der Waals surface area (Å²) >= 11 is 0. The molecule has 0 aromatic heterocycles. The van der Waals surface area contributed by atoms with Crippen molar-refractivity contribution in [1.82, 2.24) is 0 Å². The Morgan fingerprint density at radius 3 is 2.32 bits per heavy atom. The van der Waals surface area contributed by atoms with Crippen LogP contribution >= 0.6 is 0 Å². The first kappa shape index (κ1) is 12.0. The van der Waals surface area contributed by atoms with Gasteiger partial charge in [-0.05, 0) is 44.1 Å². The van der Waals surface area contributed by atoms with Crippen LogP contribution in [0.5, 0.6) is 5.75 Å². The molecular weight excluding hydrogens is 232 g/mol. The molecule has 1 aliphatic heterocycles. The summed E-state index contributed by atoms with van der Waals surface area (Å²) in [6.45, 7) is 6.30. The van der Waals surface area contributed by atoms with Gasteiger partial charge in [0, 0.05) is 5.56 Å². The lowest BCUT2D eigenvalue weighted by Gasteiger charge is -2.31. The Hall–Kier alpha value is -2.02. The number of benzene rings is 2. The topological polar surface area (TPSA) is 9.23 Å². The number of hydrogen-bond acceptors (Lipinski definition) is 1. The lowest BCUT2D eigenvalue weighted by Crippen LogP contribution is -2.29. The number of fused-ring (bicyclic) bond motifs is 1. The largest absolute Gasteiger partial charge is 0.483 e. The van der Waals surface area contributed by atoms with Crippen molar-refractivity contribution in [2.75, 3.05) is 0 Å². The Labute approximate surface area is 114 Å². The van der Waals surface area contributed by atoms with Gasteiger partial charge in [0.2, 0.25) is 0 Å². The summed E-state index contributed by atoms with van der Waals surface area (Å²) in [6, 6.07) is 16.9. The van der Waals surface area contributed by atoms with Crippen molar-refractivity contribution in [3.63, 3.8) is 0 Å². The highest BCUT2D eigenvalue weighted by Gasteiger charge is 2.26. The van der Waals surface area contributed by atoms with Crippen molar-refractivity contribution >= 4 is 5.57 Å². The lowest BCUT2D eigenvalue weighted by molar-refractivity contribution is 0.158. The van der Waals surface area contributed by atoms with Crippen molar-refractivity contribution in [2.45, 2.75) is 26.4 Å². The molecule has 2 aromatic rings. The van der Waals surface area contributed by atoms with E-state index in [4.69, 9.17) is 4.74 Å². The second-order valence-electron chi connectivity index (χ2n) is 5.63. The van der Waals surface area contributed by atoms with Crippen molar-refractivity contribution in [3.8, 4) is 5.75 Å². The normalized spacial score (nSPS) is 16.3. The monoisotopic (exact) mass is 250 g/mol. The van der Waals surface area contributed by atoms with Gasteiger partial charge in [-0.25, -0.2) is 0 Å². The molecule has 1 nitrogen and oxygen atoms in total. The smallest absolute Gasteiger partial charge is 0.128 e. The summed E-state index contributed by atoms with van der Waals surface area (Å²) in [5.74, 6) is 0.963. The summed E-state index contributed by atoms with van der Waals surface area (Å²) in [7, 11) is 0. The fraction of sp³-hybridized carbons (Fsp3) is 0.222. The average molecular weight is 250 g/mol. The summed E-state index contributed by atoms with van der Waals surface area (Å²) < 4.78 is 6.02. The molecule has 0 saturated heterocycles. The first-order chi connectivity index (χ1) is 9.05. The van der Waals surface area contributed by atoms with Crippen LogP contribution in [0.1, 0.15) is 30.5 Å². The molecule has 1 heteroatoms. The summed E-state index contributed by atoms with van der Waals surface area (Å²) in [4.78, 5) is 0. The van der Waals surface area contributed by atoms with E-state index in [2.05, 4.69) is 63.2 Å². The molecule has 0 fully saturated rings. The molecule has 1 heterocycles. The first-order valence-electron chi connectivity index (χ1n) is 6.63. The number of hydrogen-bond donors (Lipinski definition) is 0. The minimum absolute atomic E-state index is 0.269. The third-order valence-electron chi connectivity index (χ3n) is 3.40. The predicted molar refractivity (Wildman–Crippen MR) is 79.4 cm³/mol. The molecular formula is C18H18O. The van der Waals surface area contributed by atoms with Gasteiger partial charge in [0.25, 0.3) is 0 Å². The maximum absolute atomic E-state index is 6.02. The van der Waals surface area contributed by atoms with Crippen LogP contribution in [-0.4, -0.2) is 5.60 Å². The molecule has 19 heavy (non-hydrogen) atoms. The fourth-order valence-electron chi connectivity index (χ4n) is 2.49. The molecule has 0 saturated carbocycles. The second kappa shape index (κ2) is 4.27. The van der Waals surface area contributed by atoms with Gasteiger partial charge in [-0.3, -0.25) is 0 Å². The van der Waals surface area contributed by atoms with Gasteiger partial charge in [-0.2, -0.15) is 0 Å². The highest BCUT2D eigenvalue weighted by Crippen LogP contribution is 2.39. The number of ether oxygens (including phenoxy) is 1. The fourth-order valence-corrected chi connectivity index (χ4v) is 2.49. The molecule has 0 amide bonds. The Balaban J connectivity index is 2.17. The van der Waals surface area contributed by atoms with E-state index in [1.165, 1.54) is 22.3 Å². The number of para-hydroxylation sites is 1. The van der Waals surface area contributed by atoms with Crippen LogP contribution < -0.4 is 4.74 Å². The molecule has 0 spiro atoms. The Morgan fingerprint density at radius 2 is 1.58 bits per heavy atom. The number of rotatable bonds is 1. The van der Waals surface area contributed by atoms with E-state index in [-0.39, 0.29) is 5.60 Å². The molecule has 0 bridgehead atoms. The molecule has 0 radical (unpaired) electrons. The highest BCUT2D eigenvalue weighted by atomic mass is 16.5. The van der Waals surface area contributed by atoms with Crippen LogP contribution in [0.3, 0.4) is 0 Å². The molecule has 0 atom stereocenters. The van der Waals surface area contributed by atoms with Gasteiger partial charge in [-0.15, -0.1) is 0 Å². The third-order valence-corrected chi connectivity index (χ3v) is 3.40. The third kappa shape index (κ3) is 2.28. The molecule has 0 N–H and O–H groups in total. The molecule has 3 rings (SSSR count). The van der Waals surface area contributed by atoms with Crippen molar-refractivity contribution < 1.29 is 4.74 Å². The van der Waals surface area contributed by atoms with E-state index in [1.807, 2.05) is 12.1 Å². The van der Waals surface area contributed by atoms with Crippen molar-refractivity contribution in [1.29, 1.82) is 0 Å². The highest BCUT2D eigenvalue weighted by molar-refractivity contribution is 5.84. The molecule has 96 valence electrons. The van der Waals surface area contributed by atoms with Gasteiger partial charge in [-0.1, -0.05) is 48.0 Å². The molecule has 1 aliphatic rings. The zero-order valence-corrected chi connectivity index (χ0v) is 11.6. The van der Waals surface area contributed by atoms with Crippen molar-refractivity contribution in [3.05, 3.63) is 71.3 Å². The minimum Gasteiger partial charge on any atom is -0.483 e. The van der Waals surface area contributed by atoms with Crippen LogP contribution in [0.2, 0.25) is 0 Å². The predicted octanol–water partition coefficient (Wildman–Crippen LogP) is 4.60. The van der Waals surface area contributed by atoms with Gasteiger partial charge in [0.05, 0.1) is 0 Å². The zero-order valence-electron chi connectivity index (χ0n) is 11.6. The summed E-state index contributed by atoms with van der Waals surface area (Å²) in [5, 5.41) is 0. The van der Waals surface area contributed by atoms with Crippen molar-refractivity contribution in [2.24, 2.45) is 0 Å². The standard InChI is InChI=1S/C18H18O/c1-13-8-10-14(11-9-13)16-12-18(2,3)19-17-7-5-4-6-15(16)17/h4-12H,1-3H3. The lowest BCUT2D eigenvalue weighted by atomic mass is 9.90. The first-order valence-corrected chi connectivity index (χ1v) is 6.63. The number of aryl methyl sites for hydroxylation is 1. The maximum Gasteiger partial charge on any atom is 0.128 e. The van der Waals surface area contributed by atoms with Crippen LogP contribution in [0.25, 0.3) is 5.57 Å². The van der Waals surface area contributed by atoms with Gasteiger partial charge >= 0.3 is 0 Å². The average Bonchev–Trinajstić information content (AvgIpc) is 2.37. The Kier molecular flexibility index (Phi) is 2.70. The van der Waals surface area contributed by atoms with Crippen LogP contribution in [0.4, 0.5) is 0 Å². The van der Waals surface area contributed by atoms with Gasteiger partial charge in [0.15, 0.2) is 0 Å². The van der Waals surface area contributed by atoms with Crippen LogP contribution in [0.15, 0.2) is 54.6 Å². The molecule has 0 aliphatic carbocycles. The van der Waals surface area contributed by atoms with E-state index in [0.29, 0.717) is 0 Å². The minimum atomic E-state index is -0.269. The Morgan fingerprint density at radius 1 is 0.895 bits per heavy atom. The van der Waals surface area contributed by atoms with E-state index < -0.39 is 0 Å². The van der Waals surface area contributed by atoms with Gasteiger partial charge < -0.3 is 4.74 Å². The maximum atomic E-state index is 6.02. The molecule has 0 unspecified atom stereocenters. The van der Waals surface area contributed by atoms with Gasteiger partial charge in [0.1, 0.15) is 11.4 Å². The van der Waals surface area contributed by atoms with E-state index >= 15 is 0 Å². The zero-order chi connectivity index (χ0) is 13.5. The van der Waals surface area contributed by atoms with E-state index in [1.54, 1.807) is 0 Å². The van der Waals surface area contributed by atoms with Crippen LogP contribution in [-0.2, 0) is 0 Å². The summed E-state index contributed by atoms with van der Waals surface area (Å²) in [5.41, 5.74) is 4.69. The van der Waals surface area contributed by atoms with E-state index in [0.717, 1.165) is 5.75 Å².